The second kappa shape index (κ2) is 7.27. The van der Waals surface area contributed by atoms with Crippen molar-refractivity contribution in [3.05, 3.63) is 17.7 Å². The maximum absolute atomic E-state index is 12.7. The third-order valence-corrected chi connectivity index (χ3v) is 2.50. The number of hydrogen-bond donors (Lipinski definition) is 3. The average molecular weight is 294 g/mol. The molecule has 9 heteroatoms. The van der Waals surface area contributed by atoms with E-state index >= 15 is 0 Å². The number of alkyl halides is 3. The molecule has 1 aromatic heterocycles. The number of aromatic nitrogens is 1. The number of methoxy groups -OCH3 is 2. The van der Waals surface area contributed by atoms with Gasteiger partial charge >= 0.3 is 6.18 Å². The first-order chi connectivity index (χ1) is 9.40. The van der Waals surface area contributed by atoms with Gasteiger partial charge in [-0.25, -0.2) is 10.8 Å². The zero-order chi connectivity index (χ0) is 15.2. The lowest BCUT2D eigenvalue weighted by atomic mass is 10.2. The minimum Gasteiger partial charge on any atom is -0.382 e. The quantitative estimate of drug-likeness (QED) is 0.522. The summed E-state index contributed by atoms with van der Waals surface area (Å²) in [5.74, 6) is 5.08. The Morgan fingerprint density at radius 2 is 1.95 bits per heavy atom. The first kappa shape index (κ1) is 16.5. The van der Waals surface area contributed by atoms with Crippen molar-refractivity contribution in [2.24, 2.45) is 5.84 Å². The Labute approximate surface area is 114 Å². The van der Waals surface area contributed by atoms with E-state index in [0.29, 0.717) is 6.61 Å². The third-order valence-electron chi connectivity index (χ3n) is 2.50. The molecule has 1 rings (SSSR count). The summed E-state index contributed by atoms with van der Waals surface area (Å²) in [6, 6.07) is 1.73. The number of nitrogens with one attached hydrogen (secondary N) is 2. The monoisotopic (exact) mass is 294 g/mol. The molecule has 20 heavy (non-hydrogen) atoms. The molecule has 0 amide bonds. The SMILES string of the molecule is COCC(CNc1cc(C(F)(F)F)cc(NN)n1)OC. The van der Waals surface area contributed by atoms with Gasteiger partial charge in [0.1, 0.15) is 11.6 Å². The fraction of sp³-hybridized carbons (Fsp3) is 0.545. The van der Waals surface area contributed by atoms with Gasteiger partial charge in [-0.3, -0.25) is 0 Å². The van der Waals surface area contributed by atoms with E-state index in [-0.39, 0.29) is 24.3 Å². The van der Waals surface area contributed by atoms with Crippen molar-refractivity contribution in [3.63, 3.8) is 0 Å². The van der Waals surface area contributed by atoms with Crippen LogP contribution in [0.2, 0.25) is 0 Å². The van der Waals surface area contributed by atoms with Crippen LogP contribution in [-0.2, 0) is 15.7 Å². The molecule has 0 radical (unpaired) electrons. The van der Waals surface area contributed by atoms with Gasteiger partial charge in [0.15, 0.2) is 0 Å². The van der Waals surface area contributed by atoms with Crippen molar-refractivity contribution < 1.29 is 22.6 Å². The van der Waals surface area contributed by atoms with Crippen LogP contribution >= 0.6 is 0 Å². The maximum atomic E-state index is 12.7. The van der Waals surface area contributed by atoms with Crippen LogP contribution in [0.4, 0.5) is 24.8 Å². The lowest BCUT2D eigenvalue weighted by Crippen LogP contribution is -2.27. The van der Waals surface area contributed by atoms with E-state index in [0.717, 1.165) is 12.1 Å². The van der Waals surface area contributed by atoms with Gasteiger partial charge in [0.05, 0.1) is 18.3 Å². The predicted molar refractivity (Wildman–Crippen MR) is 68.2 cm³/mol. The largest absolute Gasteiger partial charge is 0.416 e. The summed E-state index contributed by atoms with van der Waals surface area (Å²) in [6.07, 6.45) is -4.77. The molecule has 0 spiro atoms. The van der Waals surface area contributed by atoms with Crippen molar-refractivity contribution in [1.29, 1.82) is 0 Å². The van der Waals surface area contributed by atoms with Crippen molar-refractivity contribution >= 4 is 11.6 Å². The molecule has 4 N–H and O–H groups in total. The Balaban J connectivity index is 2.84. The molecule has 0 aliphatic heterocycles. The highest BCUT2D eigenvalue weighted by Crippen LogP contribution is 2.31. The Hall–Kier alpha value is -1.58. The predicted octanol–water partition coefficient (Wildman–Crippen LogP) is 1.46. The highest BCUT2D eigenvalue weighted by Gasteiger charge is 2.31. The van der Waals surface area contributed by atoms with E-state index in [1.807, 2.05) is 0 Å². The lowest BCUT2D eigenvalue weighted by molar-refractivity contribution is -0.137. The maximum Gasteiger partial charge on any atom is 0.416 e. The van der Waals surface area contributed by atoms with E-state index in [1.165, 1.54) is 14.2 Å². The lowest BCUT2D eigenvalue weighted by Gasteiger charge is -2.17. The summed E-state index contributed by atoms with van der Waals surface area (Å²) >= 11 is 0. The molecule has 1 heterocycles. The molecule has 1 aromatic rings. The summed E-state index contributed by atoms with van der Waals surface area (Å²) in [4.78, 5) is 3.89. The van der Waals surface area contributed by atoms with Crippen molar-refractivity contribution in [2.75, 3.05) is 38.1 Å². The van der Waals surface area contributed by atoms with E-state index in [1.54, 1.807) is 0 Å². The molecule has 0 saturated carbocycles. The van der Waals surface area contributed by atoms with E-state index in [9.17, 15) is 13.2 Å². The van der Waals surface area contributed by atoms with E-state index in [2.05, 4.69) is 15.7 Å². The summed E-state index contributed by atoms with van der Waals surface area (Å²) in [5.41, 5.74) is 1.26. The number of hydrogen-bond acceptors (Lipinski definition) is 6. The number of hydrazine groups is 1. The first-order valence-corrected chi connectivity index (χ1v) is 5.72. The van der Waals surface area contributed by atoms with Gasteiger partial charge in [-0.05, 0) is 12.1 Å². The van der Waals surface area contributed by atoms with Gasteiger partial charge in [0.25, 0.3) is 0 Å². The second-order valence-corrected chi connectivity index (χ2v) is 3.96. The molecule has 114 valence electrons. The molecular weight excluding hydrogens is 277 g/mol. The van der Waals surface area contributed by atoms with Crippen LogP contribution in [0.3, 0.4) is 0 Å². The van der Waals surface area contributed by atoms with Gasteiger partial charge in [0.2, 0.25) is 0 Å². The Bertz CT molecular complexity index is 429. The highest BCUT2D eigenvalue weighted by molar-refractivity contribution is 5.49. The molecule has 0 fully saturated rings. The summed E-state index contributed by atoms with van der Waals surface area (Å²) in [6.45, 7) is 0.563. The Morgan fingerprint density at radius 3 is 2.45 bits per heavy atom. The fourth-order valence-corrected chi connectivity index (χ4v) is 1.47. The zero-order valence-electron chi connectivity index (χ0n) is 11.1. The van der Waals surface area contributed by atoms with Crippen molar-refractivity contribution in [2.45, 2.75) is 12.3 Å². The number of nitrogens with two attached hydrogens (primary N) is 1. The van der Waals surface area contributed by atoms with Crippen LogP contribution < -0.4 is 16.6 Å². The van der Waals surface area contributed by atoms with Crippen LogP contribution in [0.25, 0.3) is 0 Å². The number of halogens is 3. The number of ether oxygens (including phenoxy) is 2. The average Bonchev–Trinajstić information content (AvgIpc) is 2.42. The first-order valence-electron chi connectivity index (χ1n) is 5.72. The third kappa shape index (κ3) is 4.83. The van der Waals surface area contributed by atoms with Gasteiger partial charge in [-0.15, -0.1) is 0 Å². The zero-order valence-corrected chi connectivity index (χ0v) is 11.1. The Kier molecular flexibility index (Phi) is 5.99. The Morgan fingerprint density at radius 1 is 1.30 bits per heavy atom. The van der Waals surface area contributed by atoms with Crippen molar-refractivity contribution in [3.8, 4) is 0 Å². The minimum absolute atomic E-state index is 0.0472. The summed E-state index contributed by atoms with van der Waals surface area (Å²) < 4.78 is 48.1. The highest BCUT2D eigenvalue weighted by atomic mass is 19.4. The summed E-state index contributed by atoms with van der Waals surface area (Å²) in [5, 5.41) is 2.76. The van der Waals surface area contributed by atoms with Gasteiger partial charge in [-0.2, -0.15) is 13.2 Å². The van der Waals surface area contributed by atoms with Gasteiger partial charge < -0.3 is 20.2 Å². The summed E-state index contributed by atoms with van der Waals surface area (Å²) in [7, 11) is 2.99. The molecule has 0 bridgehead atoms. The van der Waals surface area contributed by atoms with Crippen LogP contribution in [0.1, 0.15) is 5.56 Å². The van der Waals surface area contributed by atoms with Gasteiger partial charge in [-0.1, -0.05) is 0 Å². The normalized spacial score (nSPS) is 13.1. The topological polar surface area (TPSA) is 81.4 Å². The van der Waals surface area contributed by atoms with Gasteiger partial charge in [0, 0.05) is 20.8 Å². The van der Waals surface area contributed by atoms with E-state index < -0.39 is 11.7 Å². The molecule has 6 nitrogen and oxygen atoms in total. The van der Waals surface area contributed by atoms with E-state index in [4.69, 9.17) is 15.3 Å². The standard InChI is InChI=1S/C11H17F3N4O2/c1-19-6-8(20-2)5-16-9-3-7(11(12,13)14)4-10(17-9)18-15/h3-4,8H,5-6,15H2,1-2H3,(H2,16,17,18). The second-order valence-electron chi connectivity index (χ2n) is 3.96. The molecular formula is C11H17F3N4O2. The number of nitrogens with zero attached hydrogens (tertiary/aromatic N) is 1. The number of rotatable bonds is 7. The van der Waals surface area contributed by atoms with Crippen molar-refractivity contribution in [1.82, 2.24) is 4.98 Å². The number of anilines is 2. The number of nitrogen functional groups attached to an aromatic ring is 1. The molecule has 1 atom stereocenters. The molecule has 0 aromatic carbocycles. The van der Waals surface area contributed by atoms with Crippen LogP contribution in [0.15, 0.2) is 12.1 Å². The van der Waals surface area contributed by atoms with Crippen LogP contribution in [0, 0.1) is 0 Å². The smallest absolute Gasteiger partial charge is 0.382 e. The minimum atomic E-state index is -4.47. The molecule has 0 aliphatic rings. The number of pyridine rings is 1. The van der Waals surface area contributed by atoms with Crippen LogP contribution in [-0.4, -0.2) is 38.5 Å². The molecule has 0 saturated heterocycles. The molecule has 1 unspecified atom stereocenters. The fourth-order valence-electron chi connectivity index (χ4n) is 1.47. The molecule has 0 aliphatic carbocycles. The van der Waals surface area contributed by atoms with Crippen LogP contribution in [0.5, 0.6) is 0 Å².